The van der Waals surface area contributed by atoms with Crippen molar-refractivity contribution in [3.05, 3.63) is 0 Å². The fourth-order valence-electron chi connectivity index (χ4n) is 4.12. The zero-order chi connectivity index (χ0) is 28.4. The number of ether oxygens (including phenoxy) is 4. The summed E-state index contributed by atoms with van der Waals surface area (Å²) in [5, 5.41) is 29.9. The number of aliphatic hydroxyl groups excluding tert-OH is 3. The van der Waals surface area contributed by atoms with Crippen LogP contribution >= 0.6 is 0 Å². The van der Waals surface area contributed by atoms with Crippen molar-refractivity contribution in [2.24, 2.45) is 0 Å². The quantitative estimate of drug-likeness (QED) is 0.0846. The molecule has 0 radical (unpaired) electrons. The van der Waals surface area contributed by atoms with Crippen LogP contribution in [-0.2, 0) is 38.3 Å². The van der Waals surface area contributed by atoms with Crippen LogP contribution in [0.4, 0.5) is 0 Å². The number of rotatable bonds is 22. The van der Waals surface area contributed by atoms with Crippen molar-refractivity contribution < 1.29 is 56.2 Å². The molecule has 1 fully saturated rings. The summed E-state index contributed by atoms with van der Waals surface area (Å²) in [6, 6.07) is 0. The van der Waals surface area contributed by atoms with Crippen molar-refractivity contribution in [2.75, 3.05) is 26.4 Å². The molecule has 1 aliphatic heterocycles. The molecule has 0 aliphatic carbocycles. The van der Waals surface area contributed by atoms with Crippen molar-refractivity contribution in [2.45, 2.75) is 128 Å². The van der Waals surface area contributed by atoms with Crippen molar-refractivity contribution >= 4 is 16.4 Å². The molecule has 226 valence electrons. The van der Waals surface area contributed by atoms with E-state index in [4.69, 9.17) is 23.5 Å². The molecule has 38 heavy (non-hydrogen) atoms. The Kier molecular flexibility index (Phi) is 18.5. The van der Waals surface area contributed by atoms with Crippen LogP contribution in [0.25, 0.3) is 0 Å². The lowest BCUT2D eigenvalue weighted by molar-refractivity contribution is -0.301. The Morgan fingerprint density at radius 1 is 0.895 bits per heavy atom. The zero-order valence-corrected chi connectivity index (χ0v) is 23.6. The highest BCUT2D eigenvalue weighted by atomic mass is 32.3. The summed E-state index contributed by atoms with van der Waals surface area (Å²) in [5.41, 5.74) is 0. The van der Waals surface area contributed by atoms with E-state index < -0.39 is 59.8 Å². The predicted molar refractivity (Wildman–Crippen MR) is 138 cm³/mol. The third kappa shape index (κ3) is 15.0. The third-order valence-electron chi connectivity index (χ3n) is 6.28. The second kappa shape index (κ2) is 20.0. The van der Waals surface area contributed by atoms with Gasteiger partial charge in [0.05, 0.1) is 19.8 Å². The van der Waals surface area contributed by atoms with Gasteiger partial charge in [0.25, 0.3) is 0 Å². The first-order valence-corrected chi connectivity index (χ1v) is 15.2. The molecule has 1 heterocycles. The highest BCUT2D eigenvalue weighted by Gasteiger charge is 2.47. The minimum Gasteiger partial charge on any atom is -0.457 e. The second-order valence-electron chi connectivity index (χ2n) is 9.60. The number of esters is 1. The van der Waals surface area contributed by atoms with E-state index in [0.717, 1.165) is 19.3 Å². The minimum absolute atomic E-state index is 0.0311. The van der Waals surface area contributed by atoms with E-state index in [2.05, 4.69) is 11.1 Å². The van der Waals surface area contributed by atoms with Crippen LogP contribution in [0.2, 0.25) is 0 Å². The molecule has 0 aromatic carbocycles. The summed E-state index contributed by atoms with van der Waals surface area (Å²) in [6.45, 7) is 3.33. The van der Waals surface area contributed by atoms with Gasteiger partial charge in [-0.15, -0.1) is 0 Å². The van der Waals surface area contributed by atoms with E-state index in [1.807, 2.05) is 0 Å². The Morgan fingerprint density at radius 3 is 2.00 bits per heavy atom. The summed E-state index contributed by atoms with van der Waals surface area (Å²) >= 11 is 0. The molecule has 0 amide bonds. The van der Waals surface area contributed by atoms with Crippen molar-refractivity contribution in [3.63, 3.8) is 0 Å². The monoisotopic (exact) mass is 572 g/mol. The fourth-order valence-corrected chi connectivity index (χ4v) is 4.62. The largest absolute Gasteiger partial charge is 0.457 e. The van der Waals surface area contributed by atoms with Gasteiger partial charge >= 0.3 is 16.4 Å². The molecule has 0 spiro atoms. The first-order valence-electron chi connectivity index (χ1n) is 13.8. The van der Waals surface area contributed by atoms with Gasteiger partial charge in [-0.2, -0.15) is 8.42 Å². The Balaban J connectivity index is 2.42. The molecule has 0 saturated carbocycles. The normalized spacial score (nSPS) is 24.8. The van der Waals surface area contributed by atoms with Crippen LogP contribution in [0, 0.1) is 0 Å². The topological polar surface area (TPSA) is 178 Å². The van der Waals surface area contributed by atoms with E-state index in [1.54, 1.807) is 6.92 Å². The molecule has 13 heteroatoms. The Bertz CT molecular complexity index is 719. The Morgan fingerprint density at radius 2 is 1.47 bits per heavy atom. The molecule has 0 bridgehead atoms. The summed E-state index contributed by atoms with van der Waals surface area (Å²) in [4.78, 5) is 11.8. The van der Waals surface area contributed by atoms with E-state index in [1.165, 1.54) is 51.4 Å². The summed E-state index contributed by atoms with van der Waals surface area (Å²) in [7, 11) is -5.03. The molecule has 6 atom stereocenters. The standard InChI is InChI=1S/C25H48O12S/c1-3-5-6-7-8-9-10-11-12-13-14-15-33-17-19(35-21(27)4-2)18-34-25-23(29)24(37-38(30,31)32)22(28)20(16-26)36-25/h19-20,22-26,28-29H,3-18H2,1-2H3,(H,30,31,32). The smallest absolute Gasteiger partial charge is 0.397 e. The van der Waals surface area contributed by atoms with E-state index in [-0.39, 0.29) is 19.6 Å². The van der Waals surface area contributed by atoms with Crippen molar-refractivity contribution in [3.8, 4) is 0 Å². The SMILES string of the molecule is CCCCCCCCCCCCCOCC(COC1OC(CO)C(O)C(OS(=O)(=O)O)C1O)OC(=O)CC. The summed E-state index contributed by atoms with van der Waals surface area (Å²) in [5.74, 6) is -0.488. The predicted octanol–water partition coefficient (Wildman–Crippen LogP) is 2.28. The maximum absolute atomic E-state index is 11.8. The van der Waals surface area contributed by atoms with Gasteiger partial charge in [0, 0.05) is 13.0 Å². The molecule has 6 unspecified atom stereocenters. The Labute approximate surface area is 226 Å². The fraction of sp³-hybridized carbons (Fsp3) is 0.960. The van der Waals surface area contributed by atoms with E-state index in [0.29, 0.717) is 6.61 Å². The number of unbranched alkanes of at least 4 members (excludes halogenated alkanes) is 10. The Hall–Kier alpha value is -0.900. The molecule has 0 aromatic heterocycles. The van der Waals surface area contributed by atoms with E-state index >= 15 is 0 Å². The van der Waals surface area contributed by atoms with Crippen LogP contribution in [0.3, 0.4) is 0 Å². The first-order chi connectivity index (χ1) is 18.1. The molecular formula is C25H48O12S. The maximum Gasteiger partial charge on any atom is 0.397 e. The van der Waals surface area contributed by atoms with Crippen LogP contribution in [-0.4, -0.2) is 97.5 Å². The second-order valence-corrected chi connectivity index (χ2v) is 10.7. The number of aliphatic hydroxyl groups is 3. The minimum atomic E-state index is -5.03. The van der Waals surface area contributed by atoms with Crippen LogP contribution in [0.1, 0.15) is 90.9 Å². The van der Waals surface area contributed by atoms with Gasteiger partial charge in [-0.1, -0.05) is 78.1 Å². The maximum atomic E-state index is 11.8. The lowest BCUT2D eigenvalue weighted by atomic mass is 9.99. The lowest BCUT2D eigenvalue weighted by Crippen LogP contribution is -2.60. The highest BCUT2D eigenvalue weighted by Crippen LogP contribution is 2.25. The molecule has 1 aliphatic rings. The summed E-state index contributed by atoms with van der Waals surface area (Å²) < 4.78 is 57.3. The molecule has 0 aromatic rings. The van der Waals surface area contributed by atoms with Gasteiger partial charge in [-0.05, 0) is 6.42 Å². The van der Waals surface area contributed by atoms with Gasteiger partial charge in [-0.3, -0.25) is 9.35 Å². The number of hydrogen-bond donors (Lipinski definition) is 4. The van der Waals surface area contributed by atoms with Crippen LogP contribution in [0.5, 0.6) is 0 Å². The van der Waals surface area contributed by atoms with Crippen LogP contribution in [0.15, 0.2) is 0 Å². The average molecular weight is 573 g/mol. The van der Waals surface area contributed by atoms with Gasteiger partial charge in [0.2, 0.25) is 0 Å². The molecule has 1 saturated heterocycles. The summed E-state index contributed by atoms with van der Waals surface area (Å²) in [6.07, 6.45) is 4.24. The van der Waals surface area contributed by atoms with Gasteiger partial charge in [-0.25, -0.2) is 4.18 Å². The van der Waals surface area contributed by atoms with Gasteiger partial charge < -0.3 is 34.3 Å². The molecule has 1 rings (SSSR count). The number of carbonyl (C=O) groups excluding carboxylic acids is 1. The third-order valence-corrected chi connectivity index (χ3v) is 6.75. The van der Waals surface area contributed by atoms with Gasteiger partial charge in [0.15, 0.2) is 6.29 Å². The molecular weight excluding hydrogens is 524 g/mol. The van der Waals surface area contributed by atoms with Gasteiger partial charge in [0.1, 0.15) is 30.5 Å². The number of hydrogen-bond acceptors (Lipinski definition) is 11. The number of carbonyl (C=O) groups is 1. The first kappa shape index (κ1) is 35.1. The van der Waals surface area contributed by atoms with Crippen LogP contribution < -0.4 is 0 Å². The van der Waals surface area contributed by atoms with Crippen molar-refractivity contribution in [1.29, 1.82) is 0 Å². The van der Waals surface area contributed by atoms with Crippen molar-refractivity contribution in [1.82, 2.24) is 0 Å². The molecule has 12 nitrogen and oxygen atoms in total. The zero-order valence-electron chi connectivity index (χ0n) is 22.7. The highest BCUT2D eigenvalue weighted by molar-refractivity contribution is 7.80. The molecule has 4 N–H and O–H groups in total. The van der Waals surface area contributed by atoms with E-state index in [9.17, 15) is 28.5 Å². The lowest BCUT2D eigenvalue weighted by Gasteiger charge is -2.41. The average Bonchev–Trinajstić information content (AvgIpc) is 2.87.